The molecule has 19 heavy (non-hydrogen) atoms. The molecule has 0 aliphatic heterocycles. The Bertz CT molecular complexity index is 412. The molecule has 1 fully saturated rings. The third kappa shape index (κ3) is 6.77. The average Bonchev–Trinajstić information content (AvgIpc) is 2.11. The van der Waals surface area contributed by atoms with Crippen LogP contribution >= 0.6 is 0 Å². The molecule has 1 amide bonds. The molecule has 112 valence electrons. The molecule has 0 saturated heterocycles. The molecule has 0 spiro atoms. The molecule has 1 rings (SSSR count). The highest BCUT2D eigenvalue weighted by atomic mass is 32.2. The predicted molar refractivity (Wildman–Crippen MR) is 71.2 cm³/mol. The van der Waals surface area contributed by atoms with Gasteiger partial charge in [0.25, 0.3) is 10.1 Å². The SMILES string of the molecule is CC(C)(C)OC(=O)NC[C@H]1CC[C@@H]1COS(C)(=O)=O. The lowest BCUT2D eigenvalue weighted by Crippen LogP contribution is -2.41. The Morgan fingerprint density at radius 2 is 1.84 bits per heavy atom. The molecular weight excluding hydrogens is 270 g/mol. The molecule has 0 bridgehead atoms. The van der Waals surface area contributed by atoms with Gasteiger partial charge in [-0.05, 0) is 45.4 Å². The van der Waals surface area contributed by atoms with Crippen molar-refractivity contribution in [3.05, 3.63) is 0 Å². The van der Waals surface area contributed by atoms with Crippen LogP contribution in [0.2, 0.25) is 0 Å². The van der Waals surface area contributed by atoms with Gasteiger partial charge < -0.3 is 10.1 Å². The molecule has 6 nitrogen and oxygen atoms in total. The van der Waals surface area contributed by atoms with Gasteiger partial charge in [0, 0.05) is 6.54 Å². The van der Waals surface area contributed by atoms with Crippen LogP contribution in [-0.2, 0) is 19.0 Å². The van der Waals surface area contributed by atoms with E-state index in [2.05, 4.69) is 5.32 Å². The van der Waals surface area contributed by atoms with Crippen LogP contribution < -0.4 is 5.32 Å². The Kier molecular flexibility index (Phi) is 5.20. The summed E-state index contributed by atoms with van der Waals surface area (Å²) in [5, 5.41) is 2.70. The van der Waals surface area contributed by atoms with E-state index >= 15 is 0 Å². The first-order valence-corrected chi connectivity index (χ1v) is 8.20. The number of amides is 1. The largest absolute Gasteiger partial charge is 0.444 e. The zero-order chi connectivity index (χ0) is 14.7. The molecule has 1 N–H and O–H groups in total. The van der Waals surface area contributed by atoms with Gasteiger partial charge in [0.05, 0.1) is 12.9 Å². The van der Waals surface area contributed by atoms with Crippen LogP contribution in [0.25, 0.3) is 0 Å². The minimum Gasteiger partial charge on any atom is -0.444 e. The van der Waals surface area contributed by atoms with Gasteiger partial charge in [-0.2, -0.15) is 8.42 Å². The summed E-state index contributed by atoms with van der Waals surface area (Å²) in [5.74, 6) is 0.443. The van der Waals surface area contributed by atoms with E-state index in [4.69, 9.17) is 8.92 Å². The van der Waals surface area contributed by atoms with Crippen LogP contribution in [0, 0.1) is 11.8 Å². The fraction of sp³-hybridized carbons (Fsp3) is 0.917. The summed E-state index contributed by atoms with van der Waals surface area (Å²) < 4.78 is 31.7. The second-order valence-corrected chi connectivity index (χ2v) is 7.61. The third-order valence-electron chi connectivity index (χ3n) is 2.98. The van der Waals surface area contributed by atoms with Crippen molar-refractivity contribution in [3.63, 3.8) is 0 Å². The number of rotatable bonds is 5. The van der Waals surface area contributed by atoms with Gasteiger partial charge in [-0.3, -0.25) is 4.18 Å². The Labute approximate surface area is 115 Å². The number of ether oxygens (including phenoxy) is 1. The maximum Gasteiger partial charge on any atom is 0.407 e. The normalized spacial score (nSPS) is 23.6. The summed E-state index contributed by atoms with van der Waals surface area (Å²) in [6.07, 6.45) is 2.49. The van der Waals surface area contributed by atoms with E-state index in [1.807, 2.05) is 0 Å². The van der Waals surface area contributed by atoms with Crippen LogP contribution in [0.4, 0.5) is 4.79 Å². The molecular formula is C12H23NO5S. The quantitative estimate of drug-likeness (QED) is 0.777. The van der Waals surface area contributed by atoms with Crippen molar-refractivity contribution in [2.75, 3.05) is 19.4 Å². The zero-order valence-electron chi connectivity index (χ0n) is 11.9. The topological polar surface area (TPSA) is 81.7 Å². The van der Waals surface area contributed by atoms with E-state index in [0.29, 0.717) is 6.54 Å². The molecule has 7 heteroatoms. The first-order valence-electron chi connectivity index (χ1n) is 6.38. The fourth-order valence-electron chi connectivity index (χ4n) is 1.87. The van der Waals surface area contributed by atoms with Crippen LogP contribution in [-0.4, -0.2) is 39.5 Å². The summed E-state index contributed by atoms with van der Waals surface area (Å²) in [7, 11) is -3.39. The van der Waals surface area contributed by atoms with Gasteiger partial charge in [-0.1, -0.05) is 0 Å². The van der Waals surface area contributed by atoms with Gasteiger partial charge >= 0.3 is 6.09 Å². The second-order valence-electron chi connectivity index (χ2n) is 5.97. The molecule has 2 atom stereocenters. The van der Waals surface area contributed by atoms with Gasteiger partial charge in [0.15, 0.2) is 0 Å². The summed E-state index contributed by atoms with van der Waals surface area (Å²) in [6, 6.07) is 0. The smallest absolute Gasteiger partial charge is 0.407 e. The Morgan fingerprint density at radius 3 is 2.26 bits per heavy atom. The van der Waals surface area contributed by atoms with E-state index in [9.17, 15) is 13.2 Å². The Hall–Kier alpha value is -0.820. The molecule has 1 aliphatic carbocycles. The van der Waals surface area contributed by atoms with E-state index < -0.39 is 21.8 Å². The highest BCUT2D eigenvalue weighted by molar-refractivity contribution is 7.85. The van der Waals surface area contributed by atoms with Crippen molar-refractivity contribution in [1.82, 2.24) is 5.32 Å². The lowest BCUT2D eigenvalue weighted by Gasteiger charge is -2.36. The second kappa shape index (κ2) is 6.09. The molecule has 1 saturated carbocycles. The third-order valence-corrected chi connectivity index (χ3v) is 3.54. The van der Waals surface area contributed by atoms with E-state index in [1.165, 1.54) is 0 Å². The fourth-order valence-corrected chi connectivity index (χ4v) is 2.29. The van der Waals surface area contributed by atoms with Gasteiger partial charge in [-0.15, -0.1) is 0 Å². The van der Waals surface area contributed by atoms with Crippen molar-refractivity contribution >= 4 is 16.2 Å². The van der Waals surface area contributed by atoms with Crippen LogP contribution in [0.3, 0.4) is 0 Å². The van der Waals surface area contributed by atoms with E-state index in [1.54, 1.807) is 20.8 Å². The first kappa shape index (κ1) is 16.2. The van der Waals surface area contributed by atoms with E-state index in [-0.39, 0.29) is 18.4 Å². The average molecular weight is 293 g/mol. The summed E-state index contributed by atoms with van der Waals surface area (Å²) >= 11 is 0. The molecule has 0 radical (unpaired) electrons. The number of hydrogen-bond acceptors (Lipinski definition) is 5. The van der Waals surface area contributed by atoms with Crippen LogP contribution in [0.15, 0.2) is 0 Å². The lowest BCUT2D eigenvalue weighted by molar-refractivity contribution is 0.0466. The van der Waals surface area contributed by atoms with Crippen LogP contribution in [0.5, 0.6) is 0 Å². The molecule has 0 aromatic heterocycles. The highest BCUT2D eigenvalue weighted by Crippen LogP contribution is 2.34. The summed E-state index contributed by atoms with van der Waals surface area (Å²) in [5.41, 5.74) is -0.511. The minimum atomic E-state index is -3.39. The van der Waals surface area contributed by atoms with Gasteiger partial charge in [0.2, 0.25) is 0 Å². The monoisotopic (exact) mass is 293 g/mol. The van der Waals surface area contributed by atoms with Crippen molar-refractivity contribution in [1.29, 1.82) is 0 Å². The molecule has 0 aromatic rings. The van der Waals surface area contributed by atoms with Crippen LogP contribution in [0.1, 0.15) is 33.6 Å². The first-order chi connectivity index (χ1) is 8.57. The molecule has 0 unspecified atom stereocenters. The summed E-state index contributed by atoms with van der Waals surface area (Å²) in [4.78, 5) is 11.5. The summed E-state index contributed by atoms with van der Waals surface area (Å²) in [6.45, 7) is 6.10. The maximum atomic E-state index is 11.5. The minimum absolute atomic E-state index is 0.185. The van der Waals surface area contributed by atoms with E-state index in [0.717, 1.165) is 19.1 Å². The van der Waals surface area contributed by atoms with Crippen molar-refractivity contribution in [3.8, 4) is 0 Å². The Morgan fingerprint density at radius 1 is 1.26 bits per heavy atom. The number of carbonyl (C=O) groups is 1. The van der Waals surface area contributed by atoms with Crippen molar-refractivity contribution in [2.45, 2.75) is 39.2 Å². The standard InChI is InChI=1S/C12H23NO5S/c1-12(2,3)18-11(14)13-7-9-5-6-10(9)8-17-19(4,15)16/h9-10H,5-8H2,1-4H3,(H,13,14)/t9-,10-/m1/s1. The highest BCUT2D eigenvalue weighted by Gasteiger charge is 2.32. The zero-order valence-corrected chi connectivity index (χ0v) is 12.7. The Balaban J connectivity index is 2.25. The number of nitrogens with one attached hydrogen (secondary N) is 1. The maximum absolute atomic E-state index is 11.5. The number of alkyl carbamates (subject to hydrolysis) is 1. The van der Waals surface area contributed by atoms with Crippen molar-refractivity contribution in [2.24, 2.45) is 11.8 Å². The lowest BCUT2D eigenvalue weighted by atomic mass is 9.74. The molecule has 0 aromatic carbocycles. The van der Waals surface area contributed by atoms with Gasteiger partial charge in [-0.25, -0.2) is 4.79 Å². The number of hydrogen-bond donors (Lipinski definition) is 1. The molecule has 1 aliphatic rings. The van der Waals surface area contributed by atoms with Crippen molar-refractivity contribution < 1.29 is 22.1 Å². The van der Waals surface area contributed by atoms with Gasteiger partial charge in [0.1, 0.15) is 5.60 Å². The predicted octanol–water partition coefficient (Wildman–Crippen LogP) is 1.51. The number of carbonyl (C=O) groups excluding carboxylic acids is 1. The molecule has 0 heterocycles.